The van der Waals surface area contributed by atoms with Crippen molar-refractivity contribution in [3.05, 3.63) is 18.0 Å². The number of aromatic nitrogens is 2. The molecule has 1 aromatic rings. The van der Waals surface area contributed by atoms with Crippen LogP contribution in [0.15, 0.2) is 17.4 Å². The maximum atomic E-state index is 5.40. The molecule has 24 heavy (non-hydrogen) atoms. The van der Waals surface area contributed by atoms with E-state index in [-0.39, 0.29) is 24.0 Å². The van der Waals surface area contributed by atoms with E-state index < -0.39 is 0 Å². The van der Waals surface area contributed by atoms with Crippen molar-refractivity contribution in [3.63, 3.8) is 0 Å². The van der Waals surface area contributed by atoms with Crippen LogP contribution >= 0.6 is 24.0 Å². The molecule has 0 aromatic carbocycles. The zero-order chi connectivity index (χ0) is 16.5. The SMILES string of the molecule is CCNC(=NCC(C)N1CCOCC1)NCCn1cc(C)cn1.I. The van der Waals surface area contributed by atoms with Gasteiger partial charge in [0.25, 0.3) is 0 Å². The second kappa shape index (κ2) is 11.6. The standard InChI is InChI=1S/C16H30N6O.HI/c1-4-17-16(18-5-6-22-13-14(2)11-20-22)19-12-15(3)21-7-9-23-10-8-21;/h11,13,15H,4-10,12H2,1-3H3,(H2,17,18,19);1H. The molecule has 2 heterocycles. The number of guanidine groups is 1. The molecule has 1 aliphatic rings. The molecule has 1 saturated heterocycles. The Hall–Kier alpha value is -0.870. The number of nitrogens with zero attached hydrogens (tertiary/aromatic N) is 4. The van der Waals surface area contributed by atoms with Crippen molar-refractivity contribution < 1.29 is 4.74 Å². The second-order valence-corrected chi connectivity index (χ2v) is 5.92. The molecule has 1 fully saturated rings. The number of aliphatic imine (C=N–C) groups is 1. The third-order valence-corrected chi connectivity index (χ3v) is 3.92. The van der Waals surface area contributed by atoms with E-state index in [1.165, 1.54) is 5.56 Å². The van der Waals surface area contributed by atoms with Gasteiger partial charge in [0.2, 0.25) is 0 Å². The Morgan fingerprint density at radius 2 is 2.12 bits per heavy atom. The maximum Gasteiger partial charge on any atom is 0.191 e. The van der Waals surface area contributed by atoms with Crippen LogP contribution in [0.25, 0.3) is 0 Å². The van der Waals surface area contributed by atoms with Crippen molar-refractivity contribution in [2.75, 3.05) is 45.9 Å². The number of rotatable bonds is 7. The predicted octanol–water partition coefficient (Wildman–Crippen LogP) is 1.09. The summed E-state index contributed by atoms with van der Waals surface area (Å²) in [5, 5.41) is 11.0. The highest BCUT2D eigenvalue weighted by molar-refractivity contribution is 14.0. The summed E-state index contributed by atoms with van der Waals surface area (Å²) >= 11 is 0. The van der Waals surface area contributed by atoms with Crippen molar-refractivity contribution in [3.8, 4) is 0 Å². The summed E-state index contributed by atoms with van der Waals surface area (Å²) in [4.78, 5) is 7.14. The van der Waals surface area contributed by atoms with Crippen LogP contribution in [0.5, 0.6) is 0 Å². The molecule has 8 heteroatoms. The highest BCUT2D eigenvalue weighted by Gasteiger charge is 2.16. The number of halogens is 1. The van der Waals surface area contributed by atoms with Gasteiger partial charge < -0.3 is 15.4 Å². The first-order valence-corrected chi connectivity index (χ1v) is 8.52. The van der Waals surface area contributed by atoms with E-state index in [9.17, 15) is 0 Å². The zero-order valence-electron chi connectivity index (χ0n) is 15.0. The molecule has 1 aliphatic heterocycles. The average molecular weight is 450 g/mol. The van der Waals surface area contributed by atoms with Gasteiger partial charge in [-0.3, -0.25) is 14.6 Å². The number of hydrogen-bond acceptors (Lipinski definition) is 4. The molecule has 0 amide bonds. The summed E-state index contributed by atoms with van der Waals surface area (Å²) in [6, 6.07) is 0.433. The van der Waals surface area contributed by atoms with E-state index >= 15 is 0 Å². The molecule has 1 aromatic heterocycles. The highest BCUT2D eigenvalue weighted by atomic mass is 127. The first-order chi connectivity index (χ1) is 11.2. The average Bonchev–Trinajstić information content (AvgIpc) is 2.98. The van der Waals surface area contributed by atoms with Gasteiger partial charge in [0.15, 0.2) is 5.96 Å². The first-order valence-electron chi connectivity index (χ1n) is 8.52. The third-order valence-electron chi connectivity index (χ3n) is 3.92. The van der Waals surface area contributed by atoms with E-state index in [0.29, 0.717) is 6.04 Å². The maximum absolute atomic E-state index is 5.40. The van der Waals surface area contributed by atoms with Crippen molar-refractivity contribution in [2.24, 2.45) is 4.99 Å². The van der Waals surface area contributed by atoms with Gasteiger partial charge in [-0.25, -0.2) is 0 Å². The Balaban J connectivity index is 0.00000288. The van der Waals surface area contributed by atoms with Crippen LogP contribution in [0.4, 0.5) is 0 Å². The van der Waals surface area contributed by atoms with Crippen molar-refractivity contribution in [2.45, 2.75) is 33.4 Å². The summed E-state index contributed by atoms with van der Waals surface area (Å²) in [6.45, 7) is 13.3. The molecule has 1 atom stereocenters. The van der Waals surface area contributed by atoms with E-state index in [1.807, 2.05) is 17.1 Å². The third kappa shape index (κ3) is 7.35. The van der Waals surface area contributed by atoms with E-state index in [0.717, 1.165) is 58.4 Å². The first kappa shape index (κ1) is 21.2. The number of morpholine rings is 1. The molecule has 1 unspecified atom stereocenters. The summed E-state index contributed by atoms with van der Waals surface area (Å²) in [6.07, 6.45) is 3.93. The number of ether oxygens (including phenoxy) is 1. The monoisotopic (exact) mass is 450 g/mol. The molecule has 2 rings (SSSR count). The Kier molecular flexibility index (Phi) is 10.3. The lowest BCUT2D eigenvalue weighted by molar-refractivity contribution is 0.0220. The fourth-order valence-corrected chi connectivity index (χ4v) is 2.58. The number of aryl methyl sites for hydroxylation is 1. The topological polar surface area (TPSA) is 66.7 Å². The molecule has 0 bridgehead atoms. The molecule has 2 N–H and O–H groups in total. The van der Waals surface area contributed by atoms with Crippen LogP contribution in [-0.2, 0) is 11.3 Å². The lowest BCUT2D eigenvalue weighted by Gasteiger charge is -2.31. The van der Waals surface area contributed by atoms with Crippen LogP contribution in [-0.4, -0.2) is 72.6 Å². The lowest BCUT2D eigenvalue weighted by Crippen LogP contribution is -2.44. The lowest BCUT2D eigenvalue weighted by atomic mass is 10.2. The van der Waals surface area contributed by atoms with Gasteiger partial charge in [-0.15, -0.1) is 24.0 Å². The minimum absolute atomic E-state index is 0. The van der Waals surface area contributed by atoms with Gasteiger partial charge in [-0.2, -0.15) is 5.10 Å². The minimum Gasteiger partial charge on any atom is -0.379 e. The van der Waals surface area contributed by atoms with Gasteiger partial charge >= 0.3 is 0 Å². The van der Waals surface area contributed by atoms with Crippen molar-refractivity contribution in [1.82, 2.24) is 25.3 Å². The van der Waals surface area contributed by atoms with Gasteiger partial charge in [0.1, 0.15) is 0 Å². The van der Waals surface area contributed by atoms with Gasteiger partial charge in [0, 0.05) is 38.4 Å². The van der Waals surface area contributed by atoms with Crippen LogP contribution in [0, 0.1) is 6.92 Å². The number of nitrogens with one attached hydrogen (secondary N) is 2. The zero-order valence-corrected chi connectivity index (χ0v) is 17.3. The Labute approximate surface area is 162 Å². The smallest absolute Gasteiger partial charge is 0.191 e. The minimum atomic E-state index is 0. The fraction of sp³-hybridized carbons (Fsp3) is 0.750. The molecule has 0 radical (unpaired) electrons. The summed E-state index contributed by atoms with van der Waals surface area (Å²) in [7, 11) is 0. The van der Waals surface area contributed by atoms with Crippen LogP contribution in [0.1, 0.15) is 19.4 Å². The van der Waals surface area contributed by atoms with Crippen LogP contribution in [0.3, 0.4) is 0 Å². The molecular formula is C16H31IN6O. The van der Waals surface area contributed by atoms with Gasteiger partial charge in [-0.05, 0) is 26.3 Å². The number of hydrogen-bond donors (Lipinski definition) is 2. The normalized spacial score (nSPS) is 17.2. The van der Waals surface area contributed by atoms with E-state index in [1.54, 1.807) is 0 Å². The second-order valence-electron chi connectivity index (χ2n) is 5.92. The fourth-order valence-electron chi connectivity index (χ4n) is 2.58. The van der Waals surface area contributed by atoms with Crippen LogP contribution in [0.2, 0.25) is 0 Å². The molecular weight excluding hydrogens is 419 g/mol. The van der Waals surface area contributed by atoms with E-state index in [4.69, 9.17) is 9.73 Å². The molecule has 138 valence electrons. The Bertz CT molecular complexity index is 487. The van der Waals surface area contributed by atoms with Crippen molar-refractivity contribution in [1.29, 1.82) is 0 Å². The molecule has 7 nitrogen and oxygen atoms in total. The largest absolute Gasteiger partial charge is 0.379 e. The summed E-state index contributed by atoms with van der Waals surface area (Å²) in [5.74, 6) is 0.872. The van der Waals surface area contributed by atoms with Crippen molar-refractivity contribution >= 4 is 29.9 Å². The summed E-state index contributed by atoms with van der Waals surface area (Å²) < 4.78 is 7.35. The van der Waals surface area contributed by atoms with E-state index in [2.05, 4.69) is 41.4 Å². The summed E-state index contributed by atoms with van der Waals surface area (Å²) in [5.41, 5.74) is 1.19. The molecule has 0 spiro atoms. The van der Waals surface area contributed by atoms with Gasteiger partial charge in [-0.1, -0.05) is 0 Å². The highest BCUT2D eigenvalue weighted by Crippen LogP contribution is 2.03. The van der Waals surface area contributed by atoms with Crippen LogP contribution < -0.4 is 10.6 Å². The molecule has 0 saturated carbocycles. The predicted molar refractivity (Wildman–Crippen MR) is 108 cm³/mol. The molecule has 0 aliphatic carbocycles. The quantitative estimate of drug-likeness (QED) is 0.370. The Morgan fingerprint density at radius 1 is 1.38 bits per heavy atom. The Morgan fingerprint density at radius 3 is 2.75 bits per heavy atom. The van der Waals surface area contributed by atoms with Gasteiger partial charge in [0.05, 0.1) is 32.5 Å².